The van der Waals surface area contributed by atoms with Gasteiger partial charge in [0.25, 0.3) is 0 Å². The average molecular weight is 263 g/mol. The van der Waals surface area contributed by atoms with Crippen LogP contribution in [-0.2, 0) is 19.0 Å². The predicted octanol–water partition coefficient (Wildman–Crippen LogP) is 3.39. The number of hydrogen-bond donors (Lipinski definition) is 1. The highest BCUT2D eigenvalue weighted by Gasteiger charge is 2.23. The molecule has 3 heteroatoms. The smallest absolute Gasteiger partial charge is 0.0722 e. The van der Waals surface area contributed by atoms with Crippen molar-refractivity contribution in [2.45, 2.75) is 71.4 Å². The molecule has 1 fully saturated rings. The Morgan fingerprint density at radius 2 is 1.89 bits per heavy atom. The van der Waals surface area contributed by atoms with E-state index in [1.54, 1.807) is 0 Å². The molecule has 1 aliphatic rings. The SMILES string of the molecule is CC1CCC(NCc2cn(C)nc2C(C)(C)C)CC1. The first-order chi connectivity index (χ1) is 8.86. The summed E-state index contributed by atoms with van der Waals surface area (Å²) in [5.74, 6) is 0.918. The van der Waals surface area contributed by atoms with Crippen molar-refractivity contribution in [3.8, 4) is 0 Å². The van der Waals surface area contributed by atoms with Crippen molar-refractivity contribution in [1.82, 2.24) is 15.1 Å². The van der Waals surface area contributed by atoms with E-state index in [-0.39, 0.29) is 5.41 Å². The van der Waals surface area contributed by atoms with E-state index in [0.29, 0.717) is 6.04 Å². The largest absolute Gasteiger partial charge is 0.310 e. The maximum atomic E-state index is 4.63. The van der Waals surface area contributed by atoms with Crippen molar-refractivity contribution >= 4 is 0 Å². The first-order valence-corrected chi connectivity index (χ1v) is 7.62. The van der Waals surface area contributed by atoms with Gasteiger partial charge in [-0.1, -0.05) is 27.7 Å². The van der Waals surface area contributed by atoms with Gasteiger partial charge < -0.3 is 5.32 Å². The van der Waals surface area contributed by atoms with Crippen LogP contribution in [0, 0.1) is 5.92 Å². The number of nitrogens with zero attached hydrogens (tertiary/aromatic N) is 2. The van der Waals surface area contributed by atoms with E-state index in [4.69, 9.17) is 0 Å². The Balaban J connectivity index is 1.96. The topological polar surface area (TPSA) is 29.9 Å². The van der Waals surface area contributed by atoms with Crippen LogP contribution >= 0.6 is 0 Å². The maximum absolute atomic E-state index is 4.63. The van der Waals surface area contributed by atoms with E-state index in [0.717, 1.165) is 12.5 Å². The highest BCUT2D eigenvalue weighted by atomic mass is 15.3. The molecule has 0 amide bonds. The molecule has 108 valence electrons. The highest BCUT2D eigenvalue weighted by molar-refractivity contribution is 5.23. The van der Waals surface area contributed by atoms with E-state index in [1.165, 1.54) is 36.9 Å². The van der Waals surface area contributed by atoms with Crippen molar-refractivity contribution in [1.29, 1.82) is 0 Å². The van der Waals surface area contributed by atoms with E-state index in [1.807, 2.05) is 11.7 Å². The Hall–Kier alpha value is -0.830. The Morgan fingerprint density at radius 3 is 2.47 bits per heavy atom. The molecule has 0 atom stereocenters. The molecule has 0 radical (unpaired) electrons. The average Bonchev–Trinajstić information content (AvgIpc) is 2.70. The molecular formula is C16H29N3. The molecule has 1 aliphatic carbocycles. The minimum absolute atomic E-state index is 0.124. The van der Waals surface area contributed by atoms with Crippen molar-refractivity contribution < 1.29 is 0 Å². The molecule has 1 saturated carbocycles. The van der Waals surface area contributed by atoms with Crippen LogP contribution < -0.4 is 5.32 Å². The summed E-state index contributed by atoms with van der Waals surface area (Å²) in [6.07, 6.45) is 7.56. The van der Waals surface area contributed by atoms with Crippen LogP contribution in [0.2, 0.25) is 0 Å². The Labute approximate surface area is 117 Å². The fraction of sp³-hybridized carbons (Fsp3) is 0.812. The zero-order valence-electron chi connectivity index (χ0n) is 13.2. The van der Waals surface area contributed by atoms with Crippen LogP contribution in [0.15, 0.2) is 6.20 Å². The number of aryl methyl sites for hydroxylation is 1. The van der Waals surface area contributed by atoms with Gasteiger partial charge in [0.15, 0.2) is 0 Å². The quantitative estimate of drug-likeness (QED) is 0.906. The van der Waals surface area contributed by atoms with Gasteiger partial charge in [-0.05, 0) is 31.6 Å². The summed E-state index contributed by atoms with van der Waals surface area (Å²) in [5.41, 5.74) is 2.71. The van der Waals surface area contributed by atoms with E-state index >= 15 is 0 Å². The van der Waals surface area contributed by atoms with E-state index in [2.05, 4.69) is 44.3 Å². The molecule has 0 aromatic carbocycles. The molecule has 0 saturated heterocycles. The lowest BCUT2D eigenvalue weighted by molar-refractivity contribution is 0.306. The zero-order chi connectivity index (χ0) is 14.0. The van der Waals surface area contributed by atoms with Gasteiger partial charge in [-0.2, -0.15) is 5.10 Å². The van der Waals surface area contributed by atoms with Gasteiger partial charge in [-0.3, -0.25) is 4.68 Å². The summed E-state index contributed by atoms with van der Waals surface area (Å²) in [6.45, 7) is 10.0. The molecule has 1 aromatic heterocycles. The van der Waals surface area contributed by atoms with E-state index < -0.39 is 0 Å². The van der Waals surface area contributed by atoms with Gasteiger partial charge in [-0.15, -0.1) is 0 Å². The molecule has 19 heavy (non-hydrogen) atoms. The summed E-state index contributed by atoms with van der Waals surface area (Å²) >= 11 is 0. The standard InChI is InChI=1S/C16H29N3/c1-12-6-8-14(9-7-12)17-10-13-11-19(5)18-15(13)16(2,3)4/h11-12,14,17H,6-10H2,1-5H3. The monoisotopic (exact) mass is 263 g/mol. The lowest BCUT2D eigenvalue weighted by atomic mass is 9.87. The van der Waals surface area contributed by atoms with Gasteiger partial charge in [-0.25, -0.2) is 0 Å². The van der Waals surface area contributed by atoms with Crippen molar-refractivity contribution in [2.75, 3.05) is 0 Å². The third-order valence-corrected chi connectivity index (χ3v) is 4.21. The first kappa shape index (κ1) is 14.6. The van der Waals surface area contributed by atoms with Gasteiger partial charge in [0.2, 0.25) is 0 Å². The molecule has 1 N–H and O–H groups in total. The zero-order valence-corrected chi connectivity index (χ0v) is 13.2. The number of rotatable bonds is 3. The van der Waals surface area contributed by atoms with Crippen molar-refractivity contribution in [3.63, 3.8) is 0 Å². The fourth-order valence-corrected chi connectivity index (χ4v) is 3.02. The minimum atomic E-state index is 0.124. The van der Waals surface area contributed by atoms with E-state index in [9.17, 15) is 0 Å². The summed E-state index contributed by atoms with van der Waals surface area (Å²) in [4.78, 5) is 0. The summed E-state index contributed by atoms with van der Waals surface area (Å²) in [7, 11) is 2.01. The molecule has 1 aromatic rings. The van der Waals surface area contributed by atoms with Crippen molar-refractivity contribution in [2.24, 2.45) is 13.0 Å². The second-order valence-corrected chi connectivity index (χ2v) is 7.26. The number of nitrogens with one attached hydrogen (secondary N) is 1. The number of aromatic nitrogens is 2. The molecule has 3 nitrogen and oxygen atoms in total. The van der Waals surface area contributed by atoms with Crippen LogP contribution in [-0.4, -0.2) is 15.8 Å². The Bertz CT molecular complexity index is 406. The third kappa shape index (κ3) is 3.82. The fourth-order valence-electron chi connectivity index (χ4n) is 3.02. The second-order valence-electron chi connectivity index (χ2n) is 7.26. The van der Waals surface area contributed by atoms with Crippen LogP contribution in [0.1, 0.15) is 64.6 Å². The second kappa shape index (κ2) is 5.66. The van der Waals surface area contributed by atoms with Crippen LogP contribution in [0.5, 0.6) is 0 Å². The minimum Gasteiger partial charge on any atom is -0.310 e. The first-order valence-electron chi connectivity index (χ1n) is 7.62. The Morgan fingerprint density at radius 1 is 1.26 bits per heavy atom. The lowest BCUT2D eigenvalue weighted by Gasteiger charge is -2.27. The summed E-state index contributed by atoms with van der Waals surface area (Å²) in [5, 5.41) is 8.37. The maximum Gasteiger partial charge on any atom is 0.0722 e. The molecule has 1 heterocycles. The molecule has 0 aliphatic heterocycles. The molecular weight excluding hydrogens is 234 g/mol. The van der Waals surface area contributed by atoms with Crippen LogP contribution in [0.25, 0.3) is 0 Å². The third-order valence-electron chi connectivity index (χ3n) is 4.21. The Kier molecular flexibility index (Phi) is 4.34. The molecule has 0 bridgehead atoms. The van der Waals surface area contributed by atoms with Crippen molar-refractivity contribution in [3.05, 3.63) is 17.5 Å². The highest BCUT2D eigenvalue weighted by Crippen LogP contribution is 2.26. The predicted molar refractivity (Wildman–Crippen MR) is 80.2 cm³/mol. The normalized spacial score (nSPS) is 24.7. The number of hydrogen-bond acceptors (Lipinski definition) is 2. The molecule has 0 spiro atoms. The van der Waals surface area contributed by atoms with Gasteiger partial charge in [0.1, 0.15) is 0 Å². The summed E-state index contributed by atoms with van der Waals surface area (Å²) < 4.78 is 1.94. The van der Waals surface area contributed by atoms with Crippen LogP contribution in [0.3, 0.4) is 0 Å². The molecule has 0 unspecified atom stereocenters. The molecule has 2 rings (SSSR count). The summed E-state index contributed by atoms with van der Waals surface area (Å²) in [6, 6.07) is 0.698. The van der Waals surface area contributed by atoms with Gasteiger partial charge in [0, 0.05) is 36.8 Å². The van der Waals surface area contributed by atoms with Gasteiger partial charge >= 0.3 is 0 Å². The van der Waals surface area contributed by atoms with Gasteiger partial charge in [0.05, 0.1) is 5.69 Å². The van der Waals surface area contributed by atoms with Crippen LogP contribution in [0.4, 0.5) is 0 Å². The lowest BCUT2D eigenvalue weighted by Crippen LogP contribution is -2.32.